The van der Waals surface area contributed by atoms with E-state index in [1.165, 1.54) is 40.9 Å². The number of nitrogens with zero attached hydrogens (tertiary/aromatic N) is 2. The van der Waals surface area contributed by atoms with Crippen molar-refractivity contribution in [2.45, 2.75) is 69.0 Å². The molecular weight excluding hydrogens is 494 g/mol. The monoisotopic (exact) mass is 527 g/mol. The van der Waals surface area contributed by atoms with E-state index >= 15 is 0 Å². The van der Waals surface area contributed by atoms with Crippen LogP contribution in [0.1, 0.15) is 41.5 Å². The fraction of sp³-hybridized carbons (Fsp3) is 0.565. The summed E-state index contributed by atoms with van der Waals surface area (Å²) >= 11 is 1.26. The summed E-state index contributed by atoms with van der Waals surface area (Å²) < 4.78 is 38.6. The van der Waals surface area contributed by atoms with E-state index in [9.17, 15) is 23.2 Å². The number of nitrogens with one attached hydrogen (secondary N) is 1. The molecule has 2 rings (SSSR count). The molecule has 1 heterocycles. The van der Waals surface area contributed by atoms with E-state index in [2.05, 4.69) is 11.8 Å². The summed E-state index contributed by atoms with van der Waals surface area (Å²) in [6, 6.07) is 4.26. The Bertz CT molecular complexity index is 1090. The molecule has 1 aromatic carbocycles. The van der Waals surface area contributed by atoms with Gasteiger partial charge in [-0.15, -0.1) is 22.0 Å². The zero-order chi connectivity index (χ0) is 26.6. The van der Waals surface area contributed by atoms with Crippen LogP contribution in [-0.4, -0.2) is 76.8 Å². The van der Waals surface area contributed by atoms with Crippen LogP contribution in [-0.2, 0) is 19.6 Å². The van der Waals surface area contributed by atoms with Crippen LogP contribution in [0.5, 0.6) is 5.75 Å². The summed E-state index contributed by atoms with van der Waals surface area (Å²) in [5, 5.41) is 9.40. The van der Waals surface area contributed by atoms with Gasteiger partial charge in [0.05, 0.1) is 4.90 Å². The van der Waals surface area contributed by atoms with Gasteiger partial charge < -0.3 is 14.4 Å². The minimum atomic E-state index is -4.37. The Hall–Kier alpha value is -2.46. The van der Waals surface area contributed by atoms with Crippen molar-refractivity contribution >= 4 is 33.8 Å². The van der Waals surface area contributed by atoms with Crippen LogP contribution in [0.2, 0.25) is 0 Å². The fourth-order valence-corrected chi connectivity index (χ4v) is 6.40. The van der Waals surface area contributed by atoms with Crippen LogP contribution in [0.4, 0.5) is 4.79 Å². The SMILES string of the molecule is CC#CCOc1ccc(S(=O)(=O)N2C(OC(=O)N(C)C(C)(C)C)CSC(C)(C)[C@@H]2C(=O)NO)cc1. The lowest BCUT2D eigenvalue weighted by Crippen LogP contribution is -2.65. The normalized spacial score (nSPS) is 20.2. The Kier molecular flexibility index (Phi) is 9.10. The zero-order valence-electron chi connectivity index (χ0n) is 21.0. The molecule has 1 fully saturated rings. The molecule has 0 radical (unpaired) electrons. The molecular formula is C23H33N3O7S2. The first kappa shape index (κ1) is 28.8. The Morgan fingerprint density at radius 1 is 1.29 bits per heavy atom. The third-order valence-electron chi connectivity index (χ3n) is 5.56. The standard InChI is InChI=1S/C23H33N3O7S2/c1-8-9-14-32-16-10-12-17(13-11-16)35(30,31)26-18(33-21(28)25(7)22(2,3)4)15-34-23(5,6)19(26)20(27)24-29/h10-13,18-19,29H,14-15H2,1-7H3,(H,24,27)/t18?,19-/m0/s1. The number of thioether (sulfide) groups is 1. The summed E-state index contributed by atoms with van der Waals surface area (Å²) in [5.41, 5.74) is 0.979. The number of amides is 2. The van der Waals surface area contributed by atoms with Crippen molar-refractivity contribution in [3.05, 3.63) is 24.3 Å². The van der Waals surface area contributed by atoms with E-state index in [0.29, 0.717) is 5.75 Å². The topological polar surface area (TPSA) is 125 Å². The van der Waals surface area contributed by atoms with Crippen molar-refractivity contribution in [1.82, 2.24) is 14.7 Å². The smallest absolute Gasteiger partial charge is 0.411 e. The Labute approximate surface area is 211 Å². The number of benzene rings is 1. The van der Waals surface area contributed by atoms with Crippen molar-refractivity contribution < 1.29 is 32.7 Å². The quantitative estimate of drug-likeness (QED) is 0.329. The average Bonchev–Trinajstić information content (AvgIpc) is 2.78. The highest BCUT2D eigenvalue weighted by Crippen LogP contribution is 2.42. The third kappa shape index (κ3) is 6.61. The molecule has 0 bridgehead atoms. The molecule has 1 aliphatic heterocycles. The first-order chi connectivity index (χ1) is 16.2. The van der Waals surface area contributed by atoms with Gasteiger partial charge in [0.1, 0.15) is 18.4 Å². The molecule has 1 saturated heterocycles. The fourth-order valence-electron chi connectivity index (χ4n) is 3.27. The van der Waals surface area contributed by atoms with Gasteiger partial charge in [0, 0.05) is 23.1 Å². The van der Waals surface area contributed by atoms with Gasteiger partial charge in [-0.2, -0.15) is 0 Å². The van der Waals surface area contributed by atoms with Crippen molar-refractivity contribution in [3.8, 4) is 17.6 Å². The summed E-state index contributed by atoms with van der Waals surface area (Å²) in [5.74, 6) is 5.02. The highest BCUT2D eigenvalue weighted by atomic mass is 32.2. The number of hydroxylamine groups is 1. The van der Waals surface area contributed by atoms with E-state index in [-0.39, 0.29) is 17.3 Å². The van der Waals surface area contributed by atoms with E-state index in [4.69, 9.17) is 9.47 Å². The van der Waals surface area contributed by atoms with Gasteiger partial charge in [0.25, 0.3) is 5.91 Å². The first-order valence-corrected chi connectivity index (χ1v) is 13.3. The molecule has 0 aromatic heterocycles. The number of hydrogen-bond donors (Lipinski definition) is 2. The lowest BCUT2D eigenvalue weighted by atomic mass is 10.0. The maximum atomic E-state index is 13.8. The number of carbonyl (C=O) groups is 2. The predicted octanol–water partition coefficient (Wildman–Crippen LogP) is 2.67. The lowest BCUT2D eigenvalue weighted by molar-refractivity contribution is -0.137. The molecule has 10 nitrogen and oxygen atoms in total. The Morgan fingerprint density at radius 2 is 1.89 bits per heavy atom. The van der Waals surface area contributed by atoms with Crippen LogP contribution in [0.25, 0.3) is 0 Å². The summed E-state index contributed by atoms with van der Waals surface area (Å²) in [6.07, 6.45) is -2.04. The predicted molar refractivity (Wildman–Crippen MR) is 132 cm³/mol. The molecule has 194 valence electrons. The second-order valence-electron chi connectivity index (χ2n) is 9.38. The molecule has 35 heavy (non-hydrogen) atoms. The van der Waals surface area contributed by atoms with Gasteiger partial charge in [-0.3, -0.25) is 10.0 Å². The molecule has 0 aliphatic carbocycles. The number of hydrogen-bond acceptors (Lipinski definition) is 8. The molecule has 0 saturated carbocycles. The van der Waals surface area contributed by atoms with Crippen LogP contribution in [0, 0.1) is 11.8 Å². The molecule has 12 heteroatoms. The van der Waals surface area contributed by atoms with E-state index in [1.807, 2.05) is 0 Å². The Balaban J connectivity index is 2.51. The minimum absolute atomic E-state index is 0.0854. The van der Waals surface area contributed by atoms with Crippen LogP contribution in [0.15, 0.2) is 29.2 Å². The largest absolute Gasteiger partial charge is 0.481 e. The van der Waals surface area contributed by atoms with Crippen LogP contribution < -0.4 is 10.2 Å². The van der Waals surface area contributed by atoms with Gasteiger partial charge in [-0.25, -0.2) is 18.7 Å². The van der Waals surface area contributed by atoms with Gasteiger partial charge in [0.15, 0.2) is 6.23 Å². The molecule has 2 atom stereocenters. The third-order valence-corrected chi connectivity index (χ3v) is 8.85. The van der Waals surface area contributed by atoms with Gasteiger partial charge in [-0.1, -0.05) is 5.92 Å². The number of rotatable bonds is 6. The van der Waals surface area contributed by atoms with Crippen molar-refractivity contribution in [1.29, 1.82) is 0 Å². The molecule has 1 unspecified atom stereocenters. The van der Waals surface area contributed by atoms with Crippen LogP contribution in [0.3, 0.4) is 0 Å². The number of sulfonamides is 1. The van der Waals surface area contributed by atoms with Gasteiger partial charge in [0.2, 0.25) is 10.0 Å². The van der Waals surface area contributed by atoms with Gasteiger partial charge >= 0.3 is 6.09 Å². The summed E-state index contributed by atoms with van der Waals surface area (Å²) in [7, 11) is -2.82. The van der Waals surface area contributed by atoms with Gasteiger partial charge in [-0.05, 0) is 65.8 Å². The summed E-state index contributed by atoms with van der Waals surface area (Å²) in [4.78, 5) is 26.8. The molecule has 2 N–H and O–H groups in total. The maximum absolute atomic E-state index is 13.8. The zero-order valence-corrected chi connectivity index (χ0v) is 22.6. The lowest BCUT2D eigenvalue weighted by Gasteiger charge is -2.47. The number of carbonyl (C=O) groups excluding carboxylic acids is 2. The second-order valence-corrected chi connectivity index (χ2v) is 12.9. The second kappa shape index (κ2) is 11.1. The molecule has 1 aromatic rings. The van der Waals surface area contributed by atoms with Crippen LogP contribution >= 0.6 is 11.8 Å². The van der Waals surface area contributed by atoms with E-state index in [1.54, 1.807) is 54.1 Å². The van der Waals surface area contributed by atoms with E-state index in [0.717, 1.165) is 4.31 Å². The minimum Gasteiger partial charge on any atom is -0.481 e. The maximum Gasteiger partial charge on any atom is 0.411 e. The Morgan fingerprint density at radius 3 is 2.40 bits per heavy atom. The van der Waals surface area contributed by atoms with Crippen molar-refractivity contribution in [2.75, 3.05) is 19.4 Å². The van der Waals surface area contributed by atoms with Crippen molar-refractivity contribution in [2.24, 2.45) is 0 Å². The number of ether oxygens (including phenoxy) is 2. The molecule has 1 aliphatic rings. The van der Waals surface area contributed by atoms with Crippen molar-refractivity contribution in [3.63, 3.8) is 0 Å². The molecule has 2 amide bonds. The average molecular weight is 528 g/mol. The molecule has 0 spiro atoms. The summed E-state index contributed by atoms with van der Waals surface area (Å²) in [6.45, 7) is 10.6. The van der Waals surface area contributed by atoms with E-state index < -0.39 is 44.6 Å². The first-order valence-electron chi connectivity index (χ1n) is 10.8. The highest BCUT2D eigenvalue weighted by Gasteiger charge is 2.54. The highest BCUT2D eigenvalue weighted by molar-refractivity contribution is 8.01.